The van der Waals surface area contributed by atoms with E-state index in [0.717, 1.165) is 18.5 Å². The molecule has 0 aliphatic carbocycles. The number of nitrogens with one attached hydrogen (secondary N) is 1. The highest BCUT2D eigenvalue weighted by atomic mass is 16.5. The molecule has 28 heavy (non-hydrogen) atoms. The number of ether oxygens (including phenoxy) is 2. The summed E-state index contributed by atoms with van der Waals surface area (Å²) in [5.41, 5.74) is 0.892. The Morgan fingerprint density at radius 1 is 1.25 bits per heavy atom. The number of hydrogen-bond acceptors (Lipinski definition) is 7. The Labute approximate surface area is 163 Å². The average molecular weight is 388 g/mol. The molecule has 1 N–H and O–H groups in total. The second kappa shape index (κ2) is 9.20. The minimum Gasteiger partial charge on any atom is -0.493 e. The first-order valence-electron chi connectivity index (χ1n) is 9.20. The monoisotopic (exact) mass is 388 g/mol. The third-order valence-corrected chi connectivity index (χ3v) is 4.53. The SMILES string of the molecule is COc1ccc(Cc2nnc(C(=O)NCCCN3CCCC3=O)o2)cc1OC. The Kier molecular flexibility index (Phi) is 6.46. The van der Waals surface area contributed by atoms with Crippen molar-refractivity contribution in [3.05, 3.63) is 35.5 Å². The summed E-state index contributed by atoms with van der Waals surface area (Å²) in [6.07, 6.45) is 2.59. The number of hydrogen-bond donors (Lipinski definition) is 1. The van der Waals surface area contributed by atoms with Gasteiger partial charge < -0.3 is 24.1 Å². The molecule has 2 amide bonds. The third kappa shape index (κ3) is 4.79. The zero-order valence-corrected chi connectivity index (χ0v) is 16.1. The van der Waals surface area contributed by atoms with Crippen LogP contribution in [0.5, 0.6) is 11.5 Å². The summed E-state index contributed by atoms with van der Waals surface area (Å²) >= 11 is 0. The highest BCUT2D eigenvalue weighted by Crippen LogP contribution is 2.28. The normalized spacial score (nSPS) is 13.6. The van der Waals surface area contributed by atoms with E-state index in [1.54, 1.807) is 20.3 Å². The van der Waals surface area contributed by atoms with Crippen LogP contribution in [-0.2, 0) is 11.2 Å². The van der Waals surface area contributed by atoms with Gasteiger partial charge in [-0.1, -0.05) is 6.07 Å². The molecule has 3 rings (SSSR count). The summed E-state index contributed by atoms with van der Waals surface area (Å²) in [4.78, 5) is 25.5. The number of benzene rings is 1. The van der Waals surface area contributed by atoms with Gasteiger partial charge in [0.25, 0.3) is 0 Å². The van der Waals surface area contributed by atoms with Crippen LogP contribution < -0.4 is 14.8 Å². The minimum atomic E-state index is -0.418. The average Bonchev–Trinajstić information content (AvgIpc) is 3.34. The minimum absolute atomic E-state index is 0.0762. The van der Waals surface area contributed by atoms with Gasteiger partial charge in [0.05, 0.1) is 20.6 Å². The topological polar surface area (TPSA) is 107 Å². The Balaban J connectivity index is 1.49. The maximum absolute atomic E-state index is 12.1. The van der Waals surface area contributed by atoms with Gasteiger partial charge in [-0.3, -0.25) is 9.59 Å². The lowest BCUT2D eigenvalue weighted by Gasteiger charge is -2.14. The first-order valence-corrected chi connectivity index (χ1v) is 9.20. The molecule has 2 aromatic rings. The van der Waals surface area contributed by atoms with Crippen LogP contribution in [0.25, 0.3) is 0 Å². The van der Waals surface area contributed by atoms with Crippen molar-refractivity contribution in [1.29, 1.82) is 0 Å². The van der Waals surface area contributed by atoms with Gasteiger partial charge in [-0.05, 0) is 30.5 Å². The molecule has 1 saturated heterocycles. The molecule has 1 aromatic heterocycles. The number of amides is 2. The second-order valence-corrected chi connectivity index (χ2v) is 6.46. The first kappa shape index (κ1) is 19.7. The predicted octanol–water partition coefficient (Wildman–Crippen LogP) is 1.42. The van der Waals surface area contributed by atoms with Crippen molar-refractivity contribution in [1.82, 2.24) is 20.4 Å². The van der Waals surface area contributed by atoms with Crippen LogP contribution in [0.3, 0.4) is 0 Å². The van der Waals surface area contributed by atoms with Crippen molar-refractivity contribution in [3.8, 4) is 11.5 Å². The van der Waals surface area contributed by atoms with E-state index >= 15 is 0 Å². The van der Waals surface area contributed by atoms with Crippen molar-refractivity contribution < 1.29 is 23.5 Å². The quantitative estimate of drug-likeness (QED) is 0.648. The molecule has 1 aliphatic heterocycles. The molecular formula is C19H24N4O5. The molecule has 1 aliphatic rings. The lowest BCUT2D eigenvalue weighted by Crippen LogP contribution is -2.30. The van der Waals surface area contributed by atoms with Crippen molar-refractivity contribution in [3.63, 3.8) is 0 Å². The molecule has 9 heteroatoms. The van der Waals surface area contributed by atoms with Crippen LogP contribution in [0.4, 0.5) is 0 Å². The summed E-state index contributed by atoms with van der Waals surface area (Å²) in [5.74, 6) is 1.26. The van der Waals surface area contributed by atoms with Gasteiger partial charge >= 0.3 is 11.8 Å². The Morgan fingerprint density at radius 3 is 2.79 bits per heavy atom. The van der Waals surface area contributed by atoms with E-state index in [4.69, 9.17) is 13.9 Å². The van der Waals surface area contributed by atoms with Crippen molar-refractivity contribution in [2.75, 3.05) is 33.9 Å². The highest BCUT2D eigenvalue weighted by Gasteiger charge is 2.20. The largest absolute Gasteiger partial charge is 0.493 e. The number of aromatic nitrogens is 2. The van der Waals surface area contributed by atoms with E-state index in [1.807, 2.05) is 17.0 Å². The number of rotatable bonds is 9. The molecule has 1 fully saturated rings. The van der Waals surface area contributed by atoms with E-state index in [9.17, 15) is 9.59 Å². The standard InChI is InChI=1S/C19H24N4O5/c1-26-14-7-6-13(11-15(14)27-2)12-16-21-22-19(28-16)18(25)20-8-4-10-23-9-3-5-17(23)24/h6-7,11H,3-5,8-10,12H2,1-2H3,(H,20,25). The van der Waals surface area contributed by atoms with Crippen LogP contribution in [0.15, 0.2) is 22.6 Å². The third-order valence-electron chi connectivity index (χ3n) is 4.53. The van der Waals surface area contributed by atoms with Gasteiger partial charge in [0.2, 0.25) is 11.8 Å². The molecule has 0 unspecified atom stereocenters. The number of likely N-dealkylation sites (tertiary alicyclic amines) is 1. The summed E-state index contributed by atoms with van der Waals surface area (Å²) in [5, 5.41) is 10.5. The van der Waals surface area contributed by atoms with Gasteiger partial charge in [0.1, 0.15) is 0 Å². The van der Waals surface area contributed by atoms with Gasteiger partial charge in [-0.25, -0.2) is 0 Å². The smallest absolute Gasteiger partial charge is 0.308 e. The fourth-order valence-corrected chi connectivity index (χ4v) is 3.07. The molecule has 0 radical (unpaired) electrons. The molecule has 1 aromatic carbocycles. The Morgan fingerprint density at radius 2 is 2.07 bits per heavy atom. The molecule has 0 bridgehead atoms. The lowest BCUT2D eigenvalue weighted by atomic mass is 10.1. The number of nitrogens with zero attached hydrogens (tertiary/aromatic N) is 3. The fraction of sp³-hybridized carbons (Fsp3) is 0.474. The van der Waals surface area contributed by atoms with Gasteiger partial charge in [-0.2, -0.15) is 0 Å². The number of methoxy groups -OCH3 is 2. The van der Waals surface area contributed by atoms with Crippen LogP contribution in [-0.4, -0.2) is 60.8 Å². The molecule has 150 valence electrons. The van der Waals surface area contributed by atoms with Crippen LogP contribution in [0, 0.1) is 0 Å². The summed E-state index contributed by atoms with van der Waals surface area (Å²) in [7, 11) is 3.14. The van der Waals surface area contributed by atoms with E-state index in [0.29, 0.717) is 49.7 Å². The Bertz CT molecular complexity index is 835. The summed E-state index contributed by atoms with van der Waals surface area (Å²) in [6.45, 7) is 1.89. The molecule has 2 heterocycles. The van der Waals surface area contributed by atoms with Crippen LogP contribution in [0.1, 0.15) is 41.4 Å². The van der Waals surface area contributed by atoms with Crippen molar-refractivity contribution >= 4 is 11.8 Å². The fourth-order valence-electron chi connectivity index (χ4n) is 3.07. The van der Waals surface area contributed by atoms with E-state index in [2.05, 4.69) is 15.5 Å². The van der Waals surface area contributed by atoms with Crippen LogP contribution in [0.2, 0.25) is 0 Å². The maximum Gasteiger partial charge on any atom is 0.308 e. The van der Waals surface area contributed by atoms with E-state index in [-0.39, 0.29) is 11.8 Å². The summed E-state index contributed by atoms with van der Waals surface area (Å²) in [6, 6.07) is 5.48. The molecule has 0 saturated carbocycles. The molecule has 0 spiro atoms. The molecular weight excluding hydrogens is 364 g/mol. The summed E-state index contributed by atoms with van der Waals surface area (Å²) < 4.78 is 15.9. The van der Waals surface area contributed by atoms with Crippen LogP contribution >= 0.6 is 0 Å². The van der Waals surface area contributed by atoms with Crippen molar-refractivity contribution in [2.24, 2.45) is 0 Å². The Hall–Kier alpha value is -3.10. The first-order chi connectivity index (χ1) is 13.6. The van der Waals surface area contributed by atoms with Gasteiger partial charge in [0, 0.05) is 26.1 Å². The van der Waals surface area contributed by atoms with Crippen molar-refractivity contribution in [2.45, 2.75) is 25.7 Å². The second-order valence-electron chi connectivity index (χ2n) is 6.46. The zero-order chi connectivity index (χ0) is 19.9. The highest BCUT2D eigenvalue weighted by molar-refractivity contribution is 5.89. The number of carbonyl (C=O) groups is 2. The maximum atomic E-state index is 12.1. The molecule has 9 nitrogen and oxygen atoms in total. The zero-order valence-electron chi connectivity index (χ0n) is 16.1. The number of carbonyl (C=O) groups excluding carboxylic acids is 2. The van der Waals surface area contributed by atoms with E-state index < -0.39 is 5.91 Å². The van der Waals surface area contributed by atoms with E-state index in [1.165, 1.54) is 0 Å². The molecule has 0 atom stereocenters. The van der Waals surface area contributed by atoms with Gasteiger partial charge in [0.15, 0.2) is 11.5 Å². The van der Waals surface area contributed by atoms with Gasteiger partial charge in [-0.15, -0.1) is 10.2 Å². The lowest BCUT2D eigenvalue weighted by molar-refractivity contribution is -0.127. The predicted molar refractivity (Wildman–Crippen MR) is 99.4 cm³/mol.